The highest BCUT2D eigenvalue weighted by atomic mass is 15.3. The molecule has 0 spiro atoms. The summed E-state index contributed by atoms with van der Waals surface area (Å²) < 4.78 is 1.69. The lowest BCUT2D eigenvalue weighted by Gasteiger charge is -2.03. The van der Waals surface area contributed by atoms with Gasteiger partial charge in [0.1, 0.15) is 6.33 Å². The molecule has 2 heterocycles. The fraction of sp³-hybridized carbons (Fsp3) is 0.375. The summed E-state index contributed by atoms with van der Waals surface area (Å²) >= 11 is 0. The Hall–Kier alpha value is -1.45. The van der Waals surface area contributed by atoms with E-state index in [1.165, 1.54) is 5.56 Å². The molecule has 4 heteroatoms. The molecule has 0 unspecified atom stereocenters. The fourth-order valence-corrected chi connectivity index (χ4v) is 1.22. The molecule has 2 aromatic rings. The van der Waals surface area contributed by atoms with E-state index >= 15 is 0 Å². The number of nitrogens with zero attached hydrogens (tertiary/aromatic N) is 4. The van der Waals surface area contributed by atoms with Gasteiger partial charge in [-0.3, -0.25) is 0 Å². The maximum absolute atomic E-state index is 4.08. The van der Waals surface area contributed by atoms with Crippen molar-refractivity contribution in [3.8, 4) is 0 Å². The highest BCUT2D eigenvalue weighted by molar-refractivity contribution is 5.46. The summed E-state index contributed by atoms with van der Waals surface area (Å²) in [6, 6.07) is 1.98. The van der Waals surface area contributed by atoms with Crippen molar-refractivity contribution in [2.45, 2.75) is 19.8 Å². The van der Waals surface area contributed by atoms with Crippen molar-refractivity contribution in [2.24, 2.45) is 0 Å². The van der Waals surface area contributed by atoms with Crippen LogP contribution in [0.2, 0.25) is 0 Å². The summed E-state index contributed by atoms with van der Waals surface area (Å²) in [4.78, 5) is 0. The second kappa shape index (κ2) is 2.55. The second-order valence-electron chi connectivity index (χ2n) is 3.04. The summed E-state index contributed by atoms with van der Waals surface area (Å²) in [5.74, 6) is 0.458. The Morgan fingerprint density at radius 1 is 1.42 bits per heavy atom. The molecule has 0 saturated heterocycles. The molecule has 0 aromatic carbocycles. The van der Waals surface area contributed by atoms with E-state index in [0.29, 0.717) is 5.92 Å². The van der Waals surface area contributed by atoms with E-state index in [-0.39, 0.29) is 0 Å². The molecule has 0 N–H and O–H groups in total. The number of rotatable bonds is 1. The quantitative estimate of drug-likeness (QED) is 0.633. The Morgan fingerprint density at radius 3 is 3.00 bits per heavy atom. The highest BCUT2D eigenvalue weighted by Gasteiger charge is 2.06. The Labute approximate surface area is 70.2 Å². The van der Waals surface area contributed by atoms with Crippen LogP contribution in [0.3, 0.4) is 0 Å². The zero-order chi connectivity index (χ0) is 8.55. The highest BCUT2D eigenvalue weighted by Crippen LogP contribution is 2.16. The van der Waals surface area contributed by atoms with Crippen LogP contribution in [0.25, 0.3) is 5.65 Å². The SMILES string of the molecule is CC(C)c1ccnn2cnnc12. The van der Waals surface area contributed by atoms with Crippen molar-refractivity contribution >= 4 is 5.65 Å². The Kier molecular flexibility index (Phi) is 1.53. The normalized spacial score (nSPS) is 11.2. The average Bonchev–Trinajstić information content (AvgIpc) is 2.49. The van der Waals surface area contributed by atoms with Gasteiger partial charge in [0.15, 0.2) is 5.65 Å². The molecule has 2 aromatic heterocycles. The van der Waals surface area contributed by atoms with Crippen LogP contribution in [-0.2, 0) is 0 Å². The van der Waals surface area contributed by atoms with E-state index in [4.69, 9.17) is 0 Å². The second-order valence-corrected chi connectivity index (χ2v) is 3.04. The monoisotopic (exact) mass is 162 g/mol. The molecule has 62 valence electrons. The summed E-state index contributed by atoms with van der Waals surface area (Å²) in [5, 5.41) is 11.9. The molecule has 4 nitrogen and oxygen atoms in total. The molecule has 0 bridgehead atoms. The molecule has 0 amide bonds. The Morgan fingerprint density at radius 2 is 2.25 bits per heavy atom. The minimum atomic E-state index is 0.458. The van der Waals surface area contributed by atoms with Crippen LogP contribution in [-0.4, -0.2) is 19.8 Å². The standard InChI is InChI=1S/C8H10N4/c1-6(2)7-3-4-10-12-5-9-11-8(7)12/h3-6H,1-2H3. The van der Waals surface area contributed by atoms with Crippen molar-refractivity contribution < 1.29 is 0 Å². The molecule has 0 radical (unpaired) electrons. The van der Waals surface area contributed by atoms with E-state index in [1.807, 2.05) is 6.07 Å². The van der Waals surface area contributed by atoms with E-state index < -0.39 is 0 Å². The molecule has 12 heavy (non-hydrogen) atoms. The fourth-order valence-electron chi connectivity index (χ4n) is 1.22. The molecule has 0 aliphatic heterocycles. The van der Waals surface area contributed by atoms with Gasteiger partial charge in [-0.15, -0.1) is 10.2 Å². The van der Waals surface area contributed by atoms with Crippen LogP contribution >= 0.6 is 0 Å². The minimum absolute atomic E-state index is 0.458. The molecule has 0 fully saturated rings. The summed E-state index contributed by atoms with van der Waals surface area (Å²) in [6.45, 7) is 4.26. The maximum Gasteiger partial charge on any atom is 0.180 e. The number of fused-ring (bicyclic) bond motifs is 1. The summed E-state index contributed by atoms with van der Waals surface area (Å²) in [7, 11) is 0. The molecule has 0 aliphatic carbocycles. The minimum Gasteiger partial charge on any atom is -0.200 e. The molecule has 2 rings (SSSR count). The van der Waals surface area contributed by atoms with Crippen molar-refractivity contribution in [2.75, 3.05) is 0 Å². The first-order valence-corrected chi connectivity index (χ1v) is 3.94. The zero-order valence-electron chi connectivity index (χ0n) is 7.10. The van der Waals surface area contributed by atoms with Crippen LogP contribution in [0.1, 0.15) is 25.3 Å². The molecule has 0 atom stereocenters. The van der Waals surface area contributed by atoms with Gasteiger partial charge in [-0.1, -0.05) is 13.8 Å². The van der Waals surface area contributed by atoms with Crippen molar-refractivity contribution in [3.05, 3.63) is 24.2 Å². The third kappa shape index (κ3) is 0.958. The third-order valence-corrected chi connectivity index (χ3v) is 1.86. The van der Waals surface area contributed by atoms with E-state index in [2.05, 4.69) is 29.1 Å². The van der Waals surface area contributed by atoms with Crippen molar-refractivity contribution in [1.29, 1.82) is 0 Å². The van der Waals surface area contributed by atoms with Crippen LogP contribution in [0.4, 0.5) is 0 Å². The largest absolute Gasteiger partial charge is 0.200 e. The molecule has 0 aliphatic rings. The van der Waals surface area contributed by atoms with Gasteiger partial charge in [-0.2, -0.15) is 5.10 Å². The Balaban J connectivity index is 2.73. The third-order valence-electron chi connectivity index (χ3n) is 1.86. The van der Waals surface area contributed by atoms with Gasteiger partial charge in [0.05, 0.1) is 0 Å². The summed E-state index contributed by atoms with van der Waals surface area (Å²) in [5.41, 5.74) is 2.04. The van der Waals surface area contributed by atoms with Gasteiger partial charge in [0.25, 0.3) is 0 Å². The Bertz CT molecular complexity index is 391. The lowest BCUT2D eigenvalue weighted by molar-refractivity contribution is 0.835. The number of hydrogen-bond acceptors (Lipinski definition) is 3. The van der Waals surface area contributed by atoms with Gasteiger partial charge in [0.2, 0.25) is 0 Å². The van der Waals surface area contributed by atoms with E-state index in [9.17, 15) is 0 Å². The average molecular weight is 162 g/mol. The topological polar surface area (TPSA) is 43.1 Å². The molecule has 0 saturated carbocycles. The molecular formula is C8H10N4. The lowest BCUT2D eigenvalue weighted by Crippen LogP contribution is -1.96. The molecular weight excluding hydrogens is 152 g/mol. The van der Waals surface area contributed by atoms with Gasteiger partial charge in [0, 0.05) is 11.8 Å². The first-order valence-electron chi connectivity index (χ1n) is 3.94. The van der Waals surface area contributed by atoms with E-state index in [1.54, 1.807) is 17.0 Å². The number of hydrogen-bond donors (Lipinski definition) is 0. The van der Waals surface area contributed by atoms with E-state index in [0.717, 1.165) is 5.65 Å². The number of aromatic nitrogens is 4. The van der Waals surface area contributed by atoms with Gasteiger partial charge < -0.3 is 0 Å². The summed E-state index contributed by atoms with van der Waals surface area (Å²) in [6.07, 6.45) is 3.38. The van der Waals surface area contributed by atoms with Crippen LogP contribution < -0.4 is 0 Å². The predicted molar refractivity (Wildman–Crippen MR) is 44.9 cm³/mol. The lowest BCUT2D eigenvalue weighted by atomic mass is 10.1. The van der Waals surface area contributed by atoms with Gasteiger partial charge >= 0.3 is 0 Å². The van der Waals surface area contributed by atoms with Crippen molar-refractivity contribution in [1.82, 2.24) is 19.8 Å². The van der Waals surface area contributed by atoms with Crippen molar-refractivity contribution in [3.63, 3.8) is 0 Å². The van der Waals surface area contributed by atoms with Gasteiger partial charge in [-0.05, 0) is 12.0 Å². The smallest absolute Gasteiger partial charge is 0.180 e. The van der Waals surface area contributed by atoms with Crippen LogP contribution in [0.5, 0.6) is 0 Å². The van der Waals surface area contributed by atoms with Gasteiger partial charge in [-0.25, -0.2) is 4.52 Å². The zero-order valence-corrected chi connectivity index (χ0v) is 7.10. The predicted octanol–water partition coefficient (Wildman–Crippen LogP) is 1.25. The maximum atomic E-state index is 4.08. The first kappa shape index (κ1) is 7.21. The van der Waals surface area contributed by atoms with Crippen LogP contribution in [0.15, 0.2) is 18.6 Å². The first-order chi connectivity index (χ1) is 5.79. The van der Waals surface area contributed by atoms with Crippen LogP contribution in [0, 0.1) is 0 Å².